The Bertz CT molecular complexity index is 350. The zero-order valence-electron chi connectivity index (χ0n) is 13.4. The van der Waals surface area contributed by atoms with Crippen molar-refractivity contribution < 1.29 is 9.16 Å². The van der Waals surface area contributed by atoms with Gasteiger partial charge in [0.2, 0.25) is 0 Å². The third-order valence-corrected chi connectivity index (χ3v) is 8.42. The average Bonchev–Trinajstić information content (AvgIpc) is 2.35. The van der Waals surface area contributed by atoms with Crippen molar-refractivity contribution in [2.24, 2.45) is 0 Å². The Hall–Kier alpha value is -0.743. The van der Waals surface area contributed by atoms with E-state index < -0.39 is 8.32 Å². The zero-order valence-corrected chi connectivity index (χ0v) is 14.4. The van der Waals surface area contributed by atoms with Crippen LogP contribution in [0.5, 0.6) is 0 Å². The van der Waals surface area contributed by atoms with Crippen LogP contribution in [-0.2, 0) is 9.16 Å². The minimum atomic E-state index is -1.82. The Kier molecular flexibility index (Phi) is 5.27. The molecule has 0 aromatic rings. The normalized spacial score (nSPS) is 18.9. The van der Waals surface area contributed by atoms with Crippen LogP contribution >= 0.6 is 0 Å². The molecule has 1 aliphatic rings. The van der Waals surface area contributed by atoms with Gasteiger partial charge in [0.05, 0.1) is 13.2 Å². The van der Waals surface area contributed by atoms with E-state index >= 15 is 0 Å². The number of hydrogen-bond donors (Lipinski definition) is 0. The third-order valence-electron chi connectivity index (χ3n) is 4.10. The van der Waals surface area contributed by atoms with Gasteiger partial charge < -0.3 is 14.1 Å². The molecular formula is C15H29NO2Si. The van der Waals surface area contributed by atoms with Crippen LogP contribution in [0.25, 0.3) is 0 Å². The molecule has 4 heteroatoms. The number of hydrogen-bond acceptors (Lipinski definition) is 3. The highest BCUT2D eigenvalue weighted by Gasteiger charge is 2.40. The van der Waals surface area contributed by atoms with E-state index in [9.17, 15) is 0 Å². The fraction of sp³-hybridized carbons (Fsp3) is 0.733. The van der Waals surface area contributed by atoms with E-state index in [2.05, 4.69) is 52.3 Å². The molecule has 0 radical (unpaired) electrons. The SMILES string of the molecule is C=C/C(C)=C(\O[Si](C)(C)C(C)(C)C)N1CCOCC1. The lowest BCUT2D eigenvalue weighted by Crippen LogP contribution is -2.45. The molecule has 0 spiro atoms. The van der Waals surface area contributed by atoms with Crippen molar-refractivity contribution in [3.05, 3.63) is 24.1 Å². The molecule has 3 nitrogen and oxygen atoms in total. The Balaban J connectivity index is 2.97. The second kappa shape index (κ2) is 6.14. The van der Waals surface area contributed by atoms with Gasteiger partial charge in [-0.1, -0.05) is 33.4 Å². The monoisotopic (exact) mass is 283 g/mol. The largest absolute Gasteiger partial charge is 0.532 e. The van der Waals surface area contributed by atoms with Gasteiger partial charge in [-0.2, -0.15) is 0 Å². The van der Waals surface area contributed by atoms with Gasteiger partial charge in [0.15, 0.2) is 5.88 Å². The van der Waals surface area contributed by atoms with Gasteiger partial charge in [-0.15, -0.1) is 0 Å². The van der Waals surface area contributed by atoms with Crippen molar-refractivity contribution in [2.75, 3.05) is 26.3 Å². The lowest BCUT2D eigenvalue weighted by molar-refractivity contribution is 0.0323. The predicted molar refractivity (Wildman–Crippen MR) is 83.6 cm³/mol. The second-order valence-electron chi connectivity index (χ2n) is 6.65. The lowest BCUT2D eigenvalue weighted by Gasteiger charge is -2.41. The standard InChI is InChI=1S/C15H29NO2Si/c1-8-13(2)14(16-9-11-17-12-10-16)18-19(6,7)15(3,4)5/h8H,1,9-12H2,2-7H3/b14-13-. The van der Waals surface area contributed by atoms with Crippen molar-refractivity contribution in [3.8, 4) is 0 Å². The average molecular weight is 283 g/mol. The summed E-state index contributed by atoms with van der Waals surface area (Å²) in [6.45, 7) is 20.7. The van der Waals surface area contributed by atoms with E-state index in [1.807, 2.05) is 6.08 Å². The van der Waals surface area contributed by atoms with Gasteiger partial charge in [-0.25, -0.2) is 0 Å². The summed E-state index contributed by atoms with van der Waals surface area (Å²) in [6, 6.07) is 0. The van der Waals surface area contributed by atoms with Crippen molar-refractivity contribution in [1.29, 1.82) is 0 Å². The fourth-order valence-corrected chi connectivity index (χ4v) is 2.72. The second-order valence-corrected chi connectivity index (χ2v) is 11.4. The van der Waals surface area contributed by atoms with Gasteiger partial charge in [-0.05, 0) is 25.1 Å². The minimum absolute atomic E-state index is 0.200. The van der Waals surface area contributed by atoms with Crippen LogP contribution in [0, 0.1) is 0 Å². The summed E-state index contributed by atoms with van der Waals surface area (Å²) in [6.07, 6.45) is 1.89. The summed E-state index contributed by atoms with van der Waals surface area (Å²) in [7, 11) is -1.82. The molecule has 0 amide bonds. The Morgan fingerprint density at radius 1 is 1.26 bits per heavy atom. The molecule has 0 aromatic carbocycles. The minimum Gasteiger partial charge on any atom is -0.532 e. The summed E-state index contributed by atoms with van der Waals surface area (Å²) < 4.78 is 11.9. The number of nitrogens with zero attached hydrogens (tertiary/aromatic N) is 1. The zero-order chi connectivity index (χ0) is 14.7. The molecule has 0 unspecified atom stereocenters. The van der Waals surface area contributed by atoms with Crippen molar-refractivity contribution in [2.45, 2.75) is 45.8 Å². The van der Waals surface area contributed by atoms with Crippen LogP contribution in [0.2, 0.25) is 18.1 Å². The topological polar surface area (TPSA) is 21.7 Å². The molecular weight excluding hydrogens is 254 g/mol. The molecule has 0 aliphatic carbocycles. The summed E-state index contributed by atoms with van der Waals surface area (Å²) >= 11 is 0. The highest BCUT2D eigenvalue weighted by atomic mass is 28.4. The van der Waals surface area contributed by atoms with Gasteiger partial charge in [0, 0.05) is 18.7 Å². The van der Waals surface area contributed by atoms with Crippen LogP contribution < -0.4 is 0 Å². The maximum atomic E-state index is 6.51. The first-order valence-electron chi connectivity index (χ1n) is 7.04. The Morgan fingerprint density at radius 3 is 2.21 bits per heavy atom. The molecule has 0 aromatic heterocycles. The molecule has 19 heavy (non-hydrogen) atoms. The summed E-state index contributed by atoms with van der Waals surface area (Å²) in [4.78, 5) is 2.29. The maximum Gasteiger partial charge on any atom is 0.252 e. The van der Waals surface area contributed by atoms with Gasteiger partial charge in [-0.3, -0.25) is 0 Å². The van der Waals surface area contributed by atoms with Crippen LogP contribution in [0.1, 0.15) is 27.7 Å². The van der Waals surface area contributed by atoms with Gasteiger partial charge in [0.1, 0.15) is 0 Å². The Morgan fingerprint density at radius 2 is 1.79 bits per heavy atom. The van der Waals surface area contributed by atoms with E-state index in [0.29, 0.717) is 0 Å². The number of ether oxygens (including phenoxy) is 1. The molecule has 1 saturated heterocycles. The van der Waals surface area contributed by atoms with E-state index in [-0.39, 0.29) is 5.04 Å². The molecule has 0 atom stereocenters. The van der Waals surface area contributed by atoms with E-state index in [0.717, 1.165) is 37.8 Å². The fourth-order valence-electron chi connectivity index (χ4n) is 1.64. The summed E-state index contributed by atoms with van der Waals surface area (Å²) in [5.74, 6) is 1.00. The van der Waals surface area contributed by atoms with Crippen LogP contribution in [0.3, 0.4) is 0 Å². The third kappa shape index (κ3) is 4.11. The van der Waals surface area contributed by atoms with E-state index in [1.54, 1.807) is 0 Å². The van der Waals surface area contributed by atoms with Crippen molar-refractivity contribution in [1.82, 2.24) is 4.90 Å². The number of allylic oxidation sites excluding steroid dienone is 2. The van der Waals surface area contributed by atoms with Crippen LogP contribution in [0.15, 0.2) is 24.1 Å². The number of rotatable bonds is 4. The summed E-state index contributed by atoms with van der Waals surface area (Å²) in [5, 5.41) is 0.200. The molecule has 110 valence electrons. The molecule has 0 N–H and O–H groups in total. The maximum absolute atomic E-state index is 6.51. The first-order chi connectivity index (χ1) is 8.69. The molecule has 1 fully saturated rings. The molecule has 1 heterocycles. The smallest absolute Gasteiger partial charge is 0.252 e. The Labute approximate surface area is 119 Å². The van der Waals surface area contributed by atoms with Gasteiger partial charge in [0.25, 0.3) is 8.32 Å². The van der Waals surface area contributed by atoms with Crippen molar-refractivity contribution in [3.63, 3.8) is 0 Å². The van der Waals surface area contributed by atoms with E-state index in [1.165, 1.54) is 0 Å². The highest BCUT2D eigenvalue weighted by Crippen LogP contribution is 2.38. The first-order valence-corrected chi connectivity index (χ1v) is 9.95. The quantitative estimate of drug-likeness (QED) is 0.445. The highest BCUT2D eigenvalue weighted by molar-refractivity contribution is 6.74. The molecule has 1 aliphatic heterocycles. The summed E-state index contributed by atoms with van der Waals surface area (Å²) in [5.41, 5.74) is 1.12. The van der Waals surface area contributed by atoms with Crippen molar-refractivity contribution >= 4 is 8.32 Å². The number of morpholine rings is 1. The van der Waals surface area contributed by atoms with Crippen LogP contribution in [0.4, 0.5) is 0 Å². The van der Waals surface area contributed by atoms with Crippen LogP contribution in [-0.4, -0.2) is 39.5 Å². The lowest BCUT2D eigenvalue weighted by atomic mass is 10.2. The first kappa shape index (κ1) is 16.3. The predicted octanol–water partition coefficient (Wildman–Crippen LogP) is 3.76. The molecule has 1 rings (SSSR count). The van der Waals surface area contributed by atoms with Gasteiger partial charge >= 0.3 is 0 Å². The molecule has 0 saturated carbocycles. The molecule has 0 bridgehead atoms. The van der Waals surface area contributed by atoms with E-state index in [4.69, 9.17) is 9.16 Å².